The largest absolute Gasteiger partial charge is 0.506 e. The smallest absolute Gasteiger partial charge is 0.450 e. The van der Waals surface area contributed by atoms with Crippen LogP contribution in [0.15, 0.2) is 54.6 Å². The van der Waals surface area contributed by atoms with Gasteiger partial charge < -0.3 is 9.84 Å². The molecule has 0 radical (unpaired) electrons. The average molecular weight is 337 g/mol. The fourth-order valence-electron chi connectivity index (χ4n) is 3.54. The molecule has 1 heterocycles. The van der Waals surface area contributed by atoms with Gasteiger partial charge in [0, 0.05) is 13.0 Å². The van der Waals surface area contributed by atoms with Crippen molar-refractivity contribution in [2.24, 2.45) is 0 Å². The van der Waals surface area contributed by atoms with Crippen LogP contribution in [0.25, 0.3) is 0 Å². The third-order valence-corrected chi connectivity index (χ3v) is 4.92. The molecule has 2 amide bonds. The van der Waals surface area contributed by atoms with Crippen LogP contribution >= 0.6 is 0 Å². The van der Waals surface area contributed by atoms with Crippen molar-refractivity contribution in [3.05, 3.63) is 71.3 Å². The molecule has 2 unspecified atom stereocenters. The Hall–Kier alpha value is -3.15. The van der Waals surface area contributed by atoms with Gasteiger partial charge in [-0.25, -0.2) is 4.79 Å². The average Bonchev–Trinajstić information content (AvgIpc) is 3.25. The lowest BCUT2D eigenvalue weighted by molar-refractivity contribution is 0.0596. The van der Waals surface area contributed by atoms with Gasteiger partial charge in [0.25, 0.3) is 11.8 Å². The number of carbonyl (C=O) groups is 3. The minimum Gasteiger partial charge on any atom is -0.450 e. The second-order valence-corrected chi connectivity index (χ2v) is 6.34. The summed E-state index contributed by atoms with van der Waals surface area (Å²) in [6, 6.07) is 16.0. The molecule has 2 aliphatic rings. The van der Waals surface area contributed by atoms with Crippen LogP contribution in [0.5, 0.6) is 0 Å². The zero-order valence-corrected chi connectivity index (χ0v) is 13.2. The van der Waals surface area contributed by atoms with Gasteiger partial charge in [0.05, 0.1) is 16.5 Å². The number of nitrogens with zero attached hydrogens (tertiary/aromatic N) is 1. The summed E-state index contributed by atoms with van der Waals surface area (Å²) in [6.45, 7) is 0.0985. The first-order chi connectivity index (χ1) is 12.0. The van der Waals surface area contributed by atoms with Crippen molar-refractivity contribution in [2.45, 2.75) is 17.9 Å². The monoisotopic (exact) mass is 337 g/mol. The predicted molar refractivity (Wildman–Crippen MR) is 87.4 cm³/mol. The second-order valence-electron chi connectivity index (χ2n) is 6.34. The van der Waals surface area contributed by atoms with E-state index in [4.69, 9.17) is 9.84 Å². The summed E-state index contributed by atoms with van der Waals surface area (Å²) in [5.74, 6) is -0.700. The van der Waals surface area contributed by atoms with Crippen LogP contribution in [0, 0.1) is 0 Å². The lowest BCUT2D eigenvalue weighted by Crippen LogP contribution is -2.39. The minimum absolute atomic E-state index is 0.0985. The van der Waals surface area contributed by atoms with Crippen molar-refractivity contribution < 1.29 is 24.2 Å². The van der Waals surface area contributed by atoms with Crippen molar-refractivity contribution >= 4 is 18.0 Å². The first-order valence-electron chi connectivity index (χ1n) is 7.93. The highest BCUT2D eigenvalue weighted by molar-refractivity contribution is 6.21. The molecule has 1 saturated carbocycles. The van der Waals surface area contributed by atoms with Gasteiger partial charge in [-0.2, -0.15) is 0 Å². The molecule has 1 N–H and O–H groups in total. The van der Waals surface area contributed by atoms with Gasteiger partial charge in [-0.3, -0.25) is 14.5 Å². The maximum atomic E-state index is 12.6. The van der Waals surface area contributed by atoms with E-state index < -0.39 is 17.7 Å². The molecule has 4 rings (SSSR count). The fourth-order valence-corrected chi connectivity index (χ4v) is 3.54. The normalized spacial score (nSPS) is 24.2. The maximum Gasteiger partial charge on any atom is 0.506 e. The summed E-state index contributed by atoms with van der Waals surface area (Å²) in [5, 5.41) is 8.94. The van der Waals surface area contributed by atoms with Crippen LogP contribution in [0.3, 0.4) is 0 Å². The highest BCUT2D eigenvalue weighted by Gasteiger charge is 2.61. The number of benzene rings is 2. The Labute approximate surface area is 143 Å². The Kier molecular flexibility index (Phi) is 3.35. The number of imide groups is 1. The lowest BCUT2D eigenvalue weighted by atomic mass is 9.94. The first-order valence-corrected chi connectivity index (χ1v) is 7.93. The summed E-state index contributed by atoms with van der Waals surface area (Å²) < 4.78 is 4.96. The van der Waals surface area contributed by atoms with Crippen molar-refractivity contribution in [2.75, 3.05) is 6.54 Å². The van der Waals surface area contributed by atoms with E-state index in [1.807, 2.05) is 30.3 Å². The second kappa shape index (κ2) is 5.44. The molecule has 2 atom stereocenters. The highest BCUT2D eigenvalue weighted by atomic mass is 16.7. The number of ether oxygens (including phenoxy) is 1. The van der Waals surface area contributed by atoms with Gasteiger partial charge in [-0.1, -0.05) is 42.5 Å². The first kappa shape index (κ1) is 15.4. The molecule has 25 heavy (non-hydrogen) atoms. The van der Waals surface area contributed by atoms with E-state index in [0.29, 0.717) is 17.5 Å². The number of fused-ring (bicyclic) bond motifs is 1. The summed E-state index contributed by atoms with van der Waals surface area (Å²) in [6.07, 6.45) is -1.49. The summed E-state index contributed by atoms with van der Waals surface area (Å²) in [4.78, 5) is 37.4. The van der Waals surface area contributed by atoms with Crippen molar-refractivity contribution in [3.8, 4) is 0 Å². The van der Waals surface area contributed by atoms with Crippen molar-refractivity contribution in [3.63, 3.8) is 0 Å². The molecular weight excluding hydrogens is 322 g/mol. The number of hydrogen-bond donors (Lipinski definition) is 1. The number of rotatable bonds is 4. The minimum atomic E-state index is -1.36. The Morgan fingerprint density at radius 3 is 2.16 bits per heavy atom. The SMILES string of the molecule is O=C(O)OC1CC1(CN1C(=O)c2ccccc2C1=O)c1ccccc1. The van der Waals surface area contributed by atoms with E-state index in [1.165, 1.54) is 4.90 Å². The molecule has 2 aromatic rings. The number of amides is 2. The van der Waals surface area contributed by atoms with Crippen molar-refractivity contribution in [1.29, 1.82) is 0 Å². The van der Waals surface area contributed by atoms with Crippen molar-refractivity contribution in [1.82, 2.24) is 4.90 Å². The molecule has 2 aromatic carbocycles. The Bertz CT molecular complexity index is 843. The van der Waals surface area contributed by atoms with E-state index >= 15 is 0 Å². The Morgan fingerprint density at radius 2 is 1.60 bits per heavy atom. The Morgan fingerprint density at radius 1 is 1.04 bits per heavy atom. The summed E-state index contributed by atoms with van der Waals surface area (Å²) >= 11 is 0. The molecule has 126 valence electrons. The molecular formula is C19H15NO5. The van der Waals surface area contributed by atoms with Gasteiger partial charge in [0.2, 0.25) is 0 Å². The third kappa shape index (κ3) is 2.38. The van der Waals surface area contributed by atoms with Gasteiger partial charge in [-0.15, -0.1) is 0 Å². The number of carboxylic acid groups (broad SMARTS) is 1. The van der Waals surface area contributed by atoms with E-state index in [-0.39, 0.29) is 18.4 Å². The molecule has 0 spiro atoms. The molecule has 6 nitrogen and oxygen atoms in total. The summed E-state index contributed by atoms with van der Waals surface area (Å²) in [5.41, 5.74) is 0.935. The van der Waals surface area contributed by atoms with Crippen LogP contribution in [-0.2, 0) is 10.2 Å². The van der Waals surface area contributed by atoms with E-state index in [1.54, 1.807) is 24.3 Å². The van der Waals surface area contributed by atoms with Crippen LogP contribution < -0.4 is 0 Å². The lowest BCUT2D eigenvalue weighted by Gasteiger charge is -2.23. The fraction of sp³-hybridized carbons (Fsp3) is 0.211. The topological polar surface area (TPSA) is 83.9 Å². The zero-order valence-electron chi connectivity index (χ0n) is 13.2. The van der Waals surface area contributed by atoms with E-state index in [0.717, 1.165) is 5.56 Å². The molecule has 0 aromatic heterocycles. The quantitative estimate of drug-likeness (QED) is 0.685. The van der Waals surface area contributed by atoms with Crippen LogP contribution in [0.4, 0.5) is 4.79 Å². The van der Waals surface area contributed by atoms with Crippen LogP contribution in [0.2, 0.25) is 0 Å². The van der Waals surface area contributed by atoms with E-state index in [2.05, 4.69) is 0 Å². The van der Waals surface area contributed by atoms with Gasteiger partial charge in [-0.05, 0) is 17.7 Å². The van der Waals surface area contributed by atoms with Crippen LogP contribution in [0.1, 0.15) is 32.7 Å². The van der Waals surface area contributed by atoms with E-state index in [9.17, 15) is 14.4 Å². The Balaban J connectivity index is 1.67. The predicted octanol–water partition coefficient (Wildman–Crippen LogP) is 2.69. The van der Waals surface area contributed by atoms with Gasteiger partial charge in [0.15, 0.2) is 0 Å². The van der Waals surface area contributed by atoms with Gasteiger partial charge in [0.1, 0.15) is 6.10 Å². The molecule has 6 heteroatoms. The third-order valence-electron chi connectivity index (χ3n) is 4.92. The summed E-state index contributed by atoms with van der Waals surface area (Å²) in [7, 11) is 0. The number of hydrogen-bond acceptors (Lipinski definition) is 4. The molecule has 1 aliphatic heterocycles. The molecule has 0 bridgehead atoms. The number of carbonyl (C=O) groups excluding carboxylic acids is 2. The highest BCUT2D eigenvalue weighted by Crippen LogP contribution is 2.51. The molecule has 1 aliphatic carbocycles. The van der Waals surface area contributed by atoms with Gasteiger partial charge >= 0.3 is 6.16 Å². The van der Waals surface area contributed by atoms with Crippen LogP contribution in [-0.4, -0.2) is 40.6 Å². The molecule has 1 fully saturated rings. The zero-order chi connectivity index (χ0) is 17.6. The standard InChI is InChI=1S/C19H15NO5/c21-16-13-8-4-5-9-14(13)17(22)20(16)11-19(10-15(19)25-18(23)24)12-6-2-1-3-7-12/h1-9,15H,10-11H2,(H,23,24). The maximum absolute atomic E-state index is 12.6. The molecule has 0 saturated heterocycles.